The second kappa shape index (κ2) is 4.61. The van der Waals surface area contributed by atoms with E-state index in [9.17, 15) is 4.79 Å². The predicted octanol–water partition coefficient (Wildman–Crippen LogP) is 3.39. The van der Waals surface area contributed by atoms with E-state index in [0.29, 0.717) is 0 Å². The predicted molar refractivity (Wildman–Crippen MR) is 76.4 cm³/mol. The van der Waals surface area contributed by atoms with Gasteiger partial charge in [0.05, 0.1) is 5.52 Å². The van der Waals surface area contributed by atoms with E-state index < -0.39 is 0 Å². The van der Waals surface area contributed by atoms with Gasteiger partial charge in [0.1, 0.15) is 0 Å². The average Bonchev–Trinajstić information content (AvgIpc) is 2.82. The van der Waals surface area contributed by atoms with Crippen LogP contribution in [0.1, 0.15) is 6.92 Å². The number of aromatic nitrogens is 1. The molecule has 0 saturated carbocycles. The molecule has 0 aliphatic carbocycles. The van der Waals surface area contributed by atoms with Crippen molar-refractivity contribution in [1.29, 1.82) is 0 Å². The normalized spacial score (nSPS) is 10.6. The minimum Gasteiger partial charge on any atom is -0.326 e. The van der Waals surface area contributed by atoms with Gasteiger partial charge in [-0.1, -0.05) is 12.1 Å². The Kier molecular flexibility index (Phi) is 2.80. The highest BCUT2D eigenvalue weighted by molar-refractivity contribution is 5.89. The number of benzene rings is 2. The van der Waals surface area contributed by atoms with Gasteiger partial charge in [-0.3, -0.25) is 4.79 Å². The van der Waals surface area contributed by atoms with Gasteiger partial charge >= 0.3 is 0 Å². The molecular weight excluding hydrogens is 236 g/mol. The standard InChI is InChI=1S/C16H13N2O/c1-12(19)17-14-6-4-7-15(11-14)18-10-9-13-5-2-3-8-16(13)18/h3-11H,1H3,(H,17,19). The van der Waals surface area contributed by atoms with Crippen LogP contribution in [0, 0.1) is 6.07 Å². The summed E-state index contributed by atoms with van der Waals surface area (Å²) in [5.74, 6) is -0.0656. The zero-order valence-electron chi connectivity index (χ0n) is 10.6. The smallest absolute Gasteiger partial charge is 0.221 e. The molecule has 1 heterocycles. The van der Waals surface area contributed by atoms with Crippen molar-refractivity contribution in [3.63, 3.8) is 0 Å². The summed E-state index contributed by atoms with van der Waals surface area (Å²) in [6.07, 6.45) is 2.02. The topological polar surface area (TPSA) is 34.0 Å². The molecule has 0 bridgehead atoms. The second-order valence-electron chi connectivity index (χ2n) is 4.40. The van der Waals surface area contributed by atoms with Crippen molar-refractivity contribution in [2.45, 2.75) is 6.92 Å². The van der Waals surface area contributed by atoms with E-state index in [4.69, 9.17) is 0 Å². The molecule has 3 heteroatoms. The van der Waals surface area contributed by atoms with Gasteiger partial charge < -0.3 is 9.88 Å². The first kappa shape index (κ1) is 11.5. The fourth-order valence-corrected chi connectivity index (χ4v) is 2.19. The molecule has 1 aromatic heterocycles. The van der Waals surface area contributed by atoms with Gasteiger partial charge in [-0.25, -0.2) is 0 Å². The molecule has 0 atom stereocenters. The fraction of sp³-hybridized carbons (Fsp3) is 0.0625. The Hall–Kier alpha value is -2.55. The molecule has 3 nitrogen and oxygen atoms in total. The summed E-state index contributed by atoms with van der Waals surface area (Å²) in [5.41, 5.74) is 2.94. The first-order valence-corrected chi connectivity index (χ1v) is 6.09. The molecule has 0 saturated heterocycles. The molecule has 3 rings (SSSR count). The van der Waals surface area contributed by atoms with E-state index >= 15 is 0 Å². The molecule has 0 fully saturated rings. The molecule has 1 N–H and O–H groups in total. The maximum Gasteiger partial charge on any atom is 0.221 e. The van der Waals surface area contributed by atoms with Crippen molar-refractivity contribution >= 4 is 22.5 Å². The summed E-state index contributed by atoms with van der Waals surface area (Å²) in [6.45, 7) is 1.51. The summed E-state index contributed by atoms with van der Waals surface area (Å²) in [4.78, 5) is 11.1. The summed E-state index contributed by atoms with van der Waals surface area (Å²) >= 11 is 0. The number of carbonyl (C=O) groups is 1. The number of hydrogen-bond acceptors (Lipinski definition) is 1. The summed E-state index contributed by atoms with van der Waals surface area (Å²) in [5, 5.41) is 3.94. The highest BCUT2D eigenvalue weighted by atomic mass is 16.1. The Bertz CT molecular complexity index is 743. The van der Waals surface area contributed by atoms with Gasteiger partial charge in [-0.05, 0) is 42.5 Å². The van der Waals surface area contributed by atoms with Crippen LogP contribution >= 0.6 is 0 Å². The first-order chi connectivity index (χ1) is 9.24. The Balaban J connectivity index is 2.09. The van der Waals surface area contributed by atoms with Crippen molar-refractivity contribution in [3.8, 4) is 5.69 Å². The van der Waals surface area contributed by atoms with Crippen molar-refractivity contribution in [1.82, 2.24) is 4.57 Å². The molecule has 93 valence electrons. The van der Waals surface area contributed by atoms with Gasteiger partial charge in [0.15, 0.2) is 0 Å². The number of amides is 1. The summed E-state index contributed by atoms with van der Waals surface area (Å²) in [6, 6.07) is 18.8. The van der Waals surface area contributed by atoms with E-state index in [0.717, 1.165) is 22.3 Å². The number of hydrogen-bond donors (Lipinski definition) is 1. The van der Waals surface area contributed by atoms with Crippen molar-refractivity contribution < 1.29 is 4.79 Å². The van der Waals surface area contributed by atoms with E-state index in [1.54, 1.807) is 0 Å². The van der Waals surface area contributed by atoms with Crippen LogP contribution in [0.3, 0.4) is 0 Å². The zero-order valence-corrected chi connectivity index (χ0v) is 10.6. The van der Waals surface area contributed by atoms with E-state index in [2.05, 4.69) is 22.0 Å². The van der Waals surface area contributed by atoms with E-state index in [1.165, 1.54) is 6.92 Å². The molecule has 1 radical (unpaired) electrons. The van der Waals surface area contributed by atoms with Gasteiger partial charge in [-0.2, -0.15) is 0 Å². The third-order valence-electron chi connectivity index (χ3n) is 2.98. The SMILES string of the molecule is CC(=O)Nc1cccc(-n2ccc3c[c]ccc32)c1. The third kappa shape index (κ3) is 2.22. The van der Waals surface area contributed by atoms with Crippen LogP contribution in [0.2, 0.25) is 0 Å². The summed E-state index contributed by atoms with van der Waals surface area (Å²) < 4.78 is 2.09. The van der Waals surface area contributed by atoms with E-state index in [1.807, 2.05) is 48.7 Å². The van der Waals surface area contributed by atoms with Crippen molar-refractivity contribution in [2.24, 2.45) is 0 Å². The minimum absolute atomic E-state index is 0.0656. The molecule has 1 amide bonds. The van der Waals surface area contributed by atoms with Gasteiger partial charge in [0, 0.05) is 29.9 Å². The number of rotatable bonds is 2. The van der Waals surface area contributed by atoms with Crippen LogP contribution in [0.5, 0.6) is 0 Å². The lowest BCUT2D eigenvalue weighted by molar-refractivity contribution is -0.114. The Labute approximate surface area is 111 Å². The first-order valence-electron chi connectivity index (χ1n) is 6.09. The number of nitrogens with one attached hydrogen (secondary N) is 1. The van der Waals surface area contributed by atoms with Crippen LogP contribution < -0.4 is 5.32 Å². The van der Waals surface area contributed by atoms with Crippen LogP contribution in [0.15, 0.2) is 54.7 Å². The van der Waals surface area contributed by atoms with Gasteiger partial charge in [0.2, 0.25) is 5.91 Å². The molecule has 0 spiro atoms. The fourth-order valence-electron chi connectivity index (χ4n) is 2.19. The number of nitrogens with zero attached hydrogens (tertiary/aromatic N) is 1. The Morgan fingerprint density at radius 1 is 1.26 bits per heavy atom. The molecule has 3 aromatic rings. The van der Waals surface area contributed by atoms with Crippen LogP contribution in [0.4, 0.5) is 5.69 Å². The van der Waals surface area contributed by atoms with Crippen LogP contribution in [0.25, 0.3) is 16.6 Å². The van der Waals surface area contributed by atoms with Crippen molar-refractivity contribution in [3.05, 3.63) is 60.8 Å². The second-order valence-corrected chi connectivity index (χ2v) is 4.40. The lowest BCUT2D eigenvalue weighted by Gasteiger charge is -2.08. The van der Waals surface area contributed by atoms with Gasteiger partial charge in [-0.15, -0.1) is 0 Å². The molecule has 19 heavy (non-hydrogen) atoms. The number of anilines is 1. The van der Waals surface area contributed by atoms with Crippen LogP contribution in [-0.4, -0.2) is 10.5 Å². The highest BCUT2D eigenvalue weighted by Crippen LogP contribution is 2.22. The lowest BCUT2D eigenvalue weighted by Crippen LogP contribution is -2.06. The van der Waals surface area contributed by atoms with Crippen LogP contribution in [-0.2, 0) is 4.79 Å². The average molecular weight is 249 g/mol. The minimum atomic E-state index is -0.0656. The third-order valence-corrected chi connectivity index (χ3v) is 2.98. The number of carbonyl (C=O) groups excluding carboxylic acids is 1. The maximum absolute atomic E-state index is 11.1. The summed E-state index contributed by atoms with van der Waals surface area (Å²) in [7, 11) is 0. The molecular formula is C16H13N2O. The molecule has 0 aliphatic rings. The Morgan fingerprint density at radius 3 is 3.00 bits per heavy atom. The van der Waals surface area contributed by atoms with Gasteiger partial charge in [0.25, 0.3) is 0 Å². The zero-order chi connectivity index (χ0) is 13.2. The number of fused-ring (bicyclic) bond motifs is 1. The maximum atomic E-state index is 11.1. The molecule has 2 aromatic carbocycles. The van der Waals surface area contributed by atoms with Crippen molar-refractivity contribution in [2.75, 3.05) is 5.32 Å². The Morgan fingerprint density at radius 2 is 2.16 bits per heavy atom. The van der Waals surface area contributed by atoms with E-state index in [-0.39, 0.29) is 5.91 Å². The highest BCUT2D eigenvalue weighted by Gasteiger charge is 2.03. The lowest BCUT2D eigenvalue weighted by atomic mass is 10.2. The molecule has 0 unspecified atom stereocenters. The molecule has 0 aliphatic heterocycles. The quantitative estimate of drug-likeness (QED) is 0.742. The largest absolute Gasteiger partial charge is 0.326 e. The monoisotopic (exact) mass is 249 g/mol.